The van der Waals surface area contributed by atoms with Crippen molar-refractivity contribution in [2.24, 2.45) is 0 Å². The lowest BCUT2D eigenvalue weighted by molar-refractivity contribution is -0.00922. The van der Waals surface area contributed by atoms with Crippen LogP contribution in [0.3, 0.4) is 0 Å². The van der Waals surface area contributed by atoms with Crippen LogP contribution in [0.15, 0.2) is 24.3 Å². The van der Waals surface area contributed by atoms with E-state index >= 15 is 0 Å². The number of rotatable bonds is 6. The third kappa shape index (κ3) is 3.58. The summed E-state index contributed by atoms with van der Waals surface area (Å²) in [5.41, 5.74) is 2.71. The zero-order valence-corrected chi connectivity index (χ0v) is 11.9. The number of benzene rings is 1. The van der Waals surface area contributed by atoms with Crippen molar-refractivity contribution in [3.05, 3.63) is 35.4 Å². The molecule has 1 atom stereocenters. The Hall–Kier alpha value is -0.860. The summed E-state index contributed by atoms with van der Waals surface area (Å²) >= 11 is 0. The van der Waals surface area contributed by atoms with Gasteiger partial charge in [-0.3, -0.25) is 0 Å². The third-order valence-corrected chi connectivity index (χ3v) is 4.36. The molecule has 2 saturated carbocycles. The highest BCUT2D eigenvalue weighted by Crippen LogP contribution is 2.30. The van der Waals surface area contributed by atoms with Gasteiger partial charge in [0.25, 0.3) is 0 Å². The molecule has 2 nitrogen and oxygen atoms in total. The number of hydrogen-bond acceptors (Lipinski definition) is 2. The van der Waals surface area contributed by atoms with Crippen LogP contribution in [0.1, 0.15) is 55.8 Å². The van der Waals surface area contributed by atoms with Crippen LogP contribution in [0.2, 0.25) is 0 Å². The summed E-state index contributed by atoms with van der Waals surface area (Å²) in [6, 6.07) is 9.41. The number of aryl methyl sites for hydroxylation is 1. The van der Waals surface area contributed by atoms with Crippen molar-refractivity contribution in [2.45, 2.75) is 63.7 Å². The second-order valence-electron chi connectivity index (χ2n) is 6.07. The molecule has 19 heavy (non-hydrogen) atoms. The number of nitrogens with one attached hydrogen (secondary N) is 1. The highest BCUT2D eigenvalue weighted by molar-refractivity contribution is 5.28. The summed E-state index contributed by atoms with van der Waals surface area (Å²) in [7, 11) is 0. The Morgan fingerprint density at radius 1 is 1.16 bits per heavy atom. The van der Waals surface area contributed by atoms with Gasteiger partial charge in [-0.1, -0.05) is 37.1 Å². The van der Waals surface area contributed by atoms with Gasteiger partial charge >= 0.3 is 0 Å². The van der Waals surface area contributed by atoms with Crippen molar-refractivity contribution < 1.29 is 4.74 Å². The lowest BCUT2D eigenvalue weighted by Gasteiger charge is -2.24. The molecule has 0 aliphatic heterocycles. The molecule has 0 aromatic heterocycles. The highest BCUT2D eigenvalue weighted by atomic mass is 16.5. The molecule has 2 aliphatic rings. The van der Waals surface area contributed by atoms with E-state index in [1.165, 1.54) is 49.7 Å². The molecule has 0 spiro atoms. The Morgan fingerprint density at radius 2 is 1.89 bits per heavy atom. The zero-order chi connectivity index (χ0) is 13.1. The summed E-state index contributed by atoms with van der Waals surface area (Å²) in [4.78, 5) is 0. The molecular weight excluding hydrogens is 234 g/mol. The van der Waals surface area contributed by atoms with Gasteiger partial charge in [-0.2, -0.15) is 0 Å². The summed E-state index contributed by atoms with van der Waals surface area (Å²) in [5.74, 6) is 0. The highest BCUT2D eigenvalue weighted by Gasteiger charge is 2.26. The molecule has 2 heteroatoms. The van der Waals surface area contributed by atoms with E-state index in [0.717, 1.165) is 12.6 Å². The molecule has 0 amide bonds. The molecule has 0 bridgehead atoms. The van der Waals surface area contributed by atoms with Gasteiger partial charge in [-0.25, -0.2) is 0 Å². The third-order valence-electron chi connectivity index (χ3n) is 4.36. The minimum Gasteiger partial charge on any atom is -0.369 e. The quantitative estimate of drug-likeness (QED) is 0.840. The summed E-state index contributed by atoms with van der Waals surface area (Å²) < 4.78 is 6.39. The van der Waals surface area contributed by atoms with Gasteiger partial charge < -0.3 is 10.1 Å². The van der Waals surface area contributed by atoms with Crippen LogP contribution >= 0.6 is 0 Å². The second-order valence-corrected chi connectivity index (χ2v) is 6.07. The van der Waals surface area contributed by atoms with Gasteiger partial charge in [0.1, 0.15) is 0 Å². The normalized spacial score (nSPS) is 21.7. The largest absolute Gasteiger partial charge is 0.369 e. The first kappa shape index (κ1) is 13.1. The molecule has 1 aromatic carbocycles. The van der Waals surface area contributed by atoms with Crippen LogP contribution in [-0.4, -0.2) is 18.7 Å². The number of hydrogen-bond donors (Lipinski definition) is 1. The summed E-state index contributed by atoms with van der Waals surface area (Å²) in [5, 5.41) is 3.63. The second kappa shape index (κ2) is 6.06. The monoisotopic (exact) mass is 259 g/mol. The Kier molecular flexibility index (Phi) is 4.19. The molecule has 0 radical (unpaired) electrons. The fraction of sp³-hybridized carbons (Fsp3) is 0.647. The zero-order valence-electron chi connectivity index (χ0n) is 11.9. The summed E-state index contributed by atoms with van der Waals surface area (Å²) in [6.07, 6.45) is 8.53. The molecule has 2 aliphatic carbocycles. The molecule has 1 aromatic rings. The van der Waals surface area contributed by atoms with E-state index in [-0.39, 0.29) is 6.10 Å². The first-order valence-electron chi connectivity index (χ1n) is 7.77. The van der Waals surface area contributed by atoms with Crippen LogP contribution in [0.4, 0.5) is 0 Å². The van der Waals surface area contributed by atoms with E-state index in [1.807, 2.05) is 0 Å². The molecular formula is C17H25NO. The molecule has 1 unspecified atom stereocenters. The minimum atomic E-state index is 0.227. The lowest BCUT2D eigenvalue weighted by Crippen LogP contribution is -2.28. The van der Waals surface area contributed by atoms with Crippen molar-refractivity contribution in [3.8, 4) is 0 Å². The molecule has 0 saturated heterocycles. The maximum Gasteiger partial charge on any atom is 0.0955 e. The van der Waals surface area contributed by atoms with Gasteiger partial charge in [-0.15, -0.1) is 0 Å². The number of ether oxygens (including phenoxy) is 1. The molecule has 1 N–H and O–H groups in total. The Morgan fingerprint density at radius 3 is 2.58 bits per heavy atom. The smallest absolute Gasteiger partial charge is 0.0955 e. The predicted molar refractivity (Wildman–Crippen MR) is 78.3 cm³/mol. The van der Waals surface area contributed by atoms with E-state index in [9.17, 15) is 0 Å². The van der Waals surface area contributed by atoms with Gasteiger partial charge in [0.2, 0.25) is 0 Å². The Labute approximate surface area is 116 Å². The van der Waals surface area contributed by atoms with Crippen molar-refractivity contribution in [1.82, 2.24) is 5.32 Å². The fourth-order valence-electron chi connectivity index (χ4n) is 3.00. The average molecular weight is 259 g/mol. The molecule has 2 fully saturated rings. The van der Waals surface area contributed by atoms with Crippen molar-refractivity contribution in [2.75, 3.05) is 6.54 Å². The van der Waals surface area contributed by atoms with Gasteiger partial charge in [0.05, 0.1) is 12.2 Å². The van der Waals surface area contributed by atoms with Crippen molar-refractivity contribution in [3.63, 3.8) is 0 Å². The van der Waals surface area contributed by atoms with Crippen LogP contribution in [0.25, 0.3) is 0 Å². The predicted octanol–water partition coefficient (Wildman–Crippen LogP) is 3.75. The minimum absolute atomic E-state index is 0.227. The van der Waals surface area contributed by atoms with Crippen LogP contribution in [-0.2, 0) is 4.74 Å². The Balaban J connectivity index is 1.68. The van der Waals surface area contributed by atoms with E-state index in [2.05, 4.69) is 36.5 Å². The van der Waals surface area contributed by atoms with E-state index in [1.54, 1.807) is 0 Å². The molecule has 104 valence electrons. The summed E-state index contributed by atoms with van der Waals surface area (Å²) in [6.45, 7) is 3.16. The van der Waals surface area contributed by atoms with Crippen molar-refractivity contribution >= 4 is 0 Å². The molecule has 3 rings (SSSR count). The van der Waals surface area contributed by atoms with Gasteiger partial charge in [0.15, 0.2) is 0 Å². The van der Waals surface area contributed by atoms with E-state index in [4.69, 9.17) is 4.74 Å². The van der Waals surface area contributed by atoms with Crippen LogP contribution < -0.4 is 5.32 Å². The van der Waals surface area contributed by atoms with Crippen LogP contribution in [0.5, 0.6) is 0 Å². The van der Waals surface area contributed by atoms with E-state index < -0.39 is 0 Å². The van der Waals surface area contributed by atoms with Crippen LogP contribution in [0, 0.1) is 6.92 Å². The standard InChI is InChI=1S/C17H25NO/c1-13-6-2-5-9-16(13)17(12-18-14-10-11-14)19-15-7-3-4-8-15/h2,5-6,9,14-15,17-18H,3-4,7-8,10-12H2,1H3. The maximum absolute atomic E-state index is 6.39. The topological polar surface area (TPSA) is 21.3 Å². The molecule has 0 heterocycles. The van der Waals surface area contributed by atoms with E-state index in [0.29, 0.717) is 6.10 Å². The SMILES string of the molecule is Cc1ccccc1C(CNC1CC1)OC1CCCC1. The van der Waals surface area contributed by atoms with Crippen molar-refractivity contribution in [1.29, 1.82) is 0 Å². The Bertz CT molecular complexity index is 407. The first-order chi connectivity index (χ1) is 9.33. The average Bonchev–Trinajstić information content (AvgIpc) is 3.11. The maximum atomic E-state index is 6.39. The van der Waals surface area contributed by atoms with Gasteiger partial charge in [0, 0.05) is 12.6 Å². The van der Waals surface area contributed by atoms with Gasteiger partial charge in [-0.05, 0) is 43.7 Å². The fourth-order valence-corrected chi connectivity index (χ4v) is 3.00. The first-order valence-corrected chi connectivity index (χ1v) is 7.77. The lowest BCUT2D eigenvalue weighted by atomic mass is 10.0.